The van der Waals surface area contributed by atoms with Crippen LogP contribution in [0.25, 0.3) is 0 Å². The first-order valence-electron chi connectivity index (χ1n) is 4.09. The van der Waals surface area contributed by atoms with E-state index in [1.807, 2.05) is 13.0 Å². The first kappa shape index (κ1) is 9.62. The number of carbonyl (C=O) groups excluding carboxylic acids is 1. The summed E-state index contributed by atoms with van der Waals surface area (Å²) in [6.45, 7) is 2.03. The van der Waals surface area contributed by atoms with Crippen LogP contribution < -0.4 is 0 Å². The molecule has 0 heterocycles. The zero-order valence-electron chi connectivity index (χ0n) is 7.38. The summed E-state index contributed by atoms with van der Waals surface area (Å²) in [6, 6.07) is 4.95. The molecule has 0 fully saturated rings. The second kappa shape index (κ2) is 4.53. The highest BCUT2D eigenvalue weighted by Crippen LogP contribution is 2.11. The average Bonchev–Trinajstić information content (AvgIpc) is 2.16. The summed E-state index contributed by atoms with van der Waals surface area (Å²) in [4.78, 5) is 13.1. The Morgan fingerprint density at radius 1 is 1.54 bits per heavy atom. The minimum absolute atomic E-state index is 0.0688. The minimum Gasteiger partial charge on any atom is -0.211 e. The van der Waals surface area contributed by atoms with Crippen molar-refractivity contribution in [2.45, 2.75) is 19.9 Å². The minimum atomic E-state index is -0.307. The summed E-state index contributed by atoms with van der Waals surface area (Å²) in [6.07, 6.45) is 2.18. The van der Waals surface area contributed by atoms with Gasteiger partial charge in [-0.05, 0) is 18.1 Å². The summed E-state index contributed by atoms with van der Waals surface area (Å²) in [5.74, 6) is -0.307. The molecule has 0 unspecified atom stereocenters. The summed E-state index contributed by atoms with van der Waals surface area (Å²) in [5.41, 5.74) is 1.37. The molecule has 1 rings (SSSR count). The molecule has 0 atom stereocenters. The Morgan fingerprint density at radius 2 is 2.31 bits per heavy atom. The smallest absolute Gasteiger partial charge is 0.211 e. The molecular formula is C10H10FNO. The van der Waals surface area contributed by atoms with Crippen molar-refractivity contribution in [2.24, 2.45) is 4.99 Å². The highest BCUT2D eigenvalue weighted by molar-refractivity contribution is 5.34. The topological polar surface area (TPSA) is 29.4 Å². The fourth-order valence-corrected chi connectivity index (χ4v) is 1.06. The van der Waals surface area contributed by atoms with Gasteiger partial charge in [0.05, 0.1) is 6.54 Å². The third-order valence-electron chi connectivity index (χ3n) is 1.84. The number of benzene rings is 1. The molecule has 0 spiro atoms. The lowest BCUT2D eigenvalue weighted by atomic mass is 10.1. The normalized spacial score (nSPS) is 9.38. The van der Waals surface area contributed by atoms with Crippen molar-refractivity contribution < 1.29 is 9.18 Å². The van der Waals surface area contributed by atoms with Crippen LogP contribution in [0.2, 0.25) is 0 Å². The molecule has 0 aliphatic rings. The zero-order chi connectivity index (χ0) is 9.68. The molecule has 0 aliphatic carbocycles. The Hall–Kier alpha value is -1.47. The lowest BCUT2D eigenvalue weighted by Crippen LogP contribution is -1.90. The van der Waals surface area contributed by atoms with Crippen LogP contribution in [0.3, 0.4) is 0 Å². The van der Waals surface area contributed by atoms with Crippen LogP contribution in [0, 0.1) is 5.82 Å². The maximum absolute atomic E-state index is 13.2. The van der Waals surface area contributed by atoms with Gasteiger partial charge >= 0.3 is 0 Å². The SMILES string of the molecule is CCc1ccc(CN=C=O)c(F)c1. The van der Waals surface area contributed by atoms with Crippen LogP contribution in [-0.4, -0.2) is 6.08 Å². The summed E-state index contributed by atoms with van der Waals surface area (Å²) < 4.78 is 13.2. The van der Waals surface area contributed by atoms with E-state index < -0.39 is 0 Å². The number of hydrogen-bond acceptors (Lipinski definition) is 2. The molecule has 0 aromatic heterocycles. The predicted octanol–water partition coefficient (Wildman–Crippen LogP) is 2.22. The zero-order valence-corrected chi connectivity index (χ0v) is 7.38. The van der Waals surface area contributed by atoms with Crippen molar-refractivity contribution >= 4 is 6.08 Å². The van der Waals surface area contributed by atoms with Gasteiger partial charge in [-0.1, -0.05) is 19.1 Å². The number of aliphatic imine (C=N–C) groups is 1. The molecular weight excluding hydrogens is 169 g/mol. The monoisotopic (exact) mass is 179 g/mol. The highest BCUT2D eigenvalue weighted by Gasteiger charge is 2.01. The molecule has 3 heteroatoms. The second-order valence-corrected chi connectivity index (χ2v) is 2.69. The van der Waals surface area contributed by atoms with Crippen LogP contribution in [-0.2, 0) is 17.8 Å². The summed E-state index contributed by atoms with van der Waals surface area (Å²) in [5, 5.41) is 0. The fourth-order valence-electron chi connectivity index (χ4n) is 1.06. The van der Waals surface area contributed by atoms with Crippen LogP contribution in [0.4, 0.5) is 4.39 Å². The van der Waals surface area contributed by atoms with Crippen LogP contribution in [0.5, 0.6) is 0 Å². The fraction of sp³-hybridized carbons (Fsp3) is 0.300. The molecule has 1 aromatic rings. The number of aryl methyl sites for hydroxylation is 1. The van der Waals surface area contributed by atoms with Crippen molar-refractivity contribution in [3.63, 3.8) is 0 Å². The summed E-state index contributed by atoms with van der Waals surface area (Å²) >= 11 is 0. The Balaban J connectivity index is 2.91. The van der Waals surface area contributed by atoms with Gasteiger partial charge in [-0.2, -0.15) is 0 Å². The van der Waals surface area contributed by atoms with E-state index >= 15 is 0 Å². The molecule has 1 aromatic carbocycles. The predicted molar refractivity (Wildman–Crippen MR) is 47.6 cm³/mol. The molecule has 0 radical (unpaired) electrons. The number of isocyanates is 1. The Labute approximate surface area is 76.1 Å². The van der Waals surface area contributed by atoms with E-state index in [0.717, 1.165) is 12.0 Å². The van der Waals surface area contributed by atoms with Gasteiger partial charge in [0.2, 0.25) is 6.08 Å². The Bertz CT molecular complexity index is 343. The quantitative estimate of drug-likeness (QED) is 0.516. The van der Waals surface area contributed by atoms with E-state index in [2.05, 4.69) is 4.99 Å². The molecule has 13 heavy (non-hydrogen) atoms. The first-order valence-corrected chi connectivity index (χ1v) is 4.09. The molecule has 0 N–H and O–H groups in total. The van der Waals surface area contributed by atoms with Gasteiger partial charge in [0, 0.05) is 5.56 Å². The molecule has 0 aliphatic heterocycles. The maximum atomic E-state index is 13.2. The lowest BCUT2D eigenvalue weighted by Gasteiger charge is -2.00. The van der Waals surface area contributed by atoms with Crippen LogP contribution >= 0.6 is 0 Å². The van der Waals surface area contributed by atoms with Gasteiger partial charge in [-0.15, -0.1) is 0 Å². The number of halogens is 1. The molecule has 2 nitrogen and oxygen atoms in total. The first-order chi connectivity index (χ1) is 6.27. The van der Waals surface area contributed by atoms with Crippen LogP contribution in [0.15, 0.2) is 23.2 Å². The van der Waals surface area contributed by atoms with E-state index in [1.165, 1.54) is 12.1 Å². The van der Waals surface area contributed by atoms with Gasteiger partial charge in [-0.3, -0.25) is 0 Å². The molecule has 0 saturated carbocycles. The Kier molecular flexibility index (Phi) is 3.35. The average molecular weight is 179 g/mol. The van der Waals surface area contributed by atoms with Crippen LogP contribution in [0.1, 0.15) is 18.1 Å². The van der Waals surface area contributed by atoms with Gasteiger partial charge in [0.1, 0.15) is 5.82 Å². The molecule has 0 saturated heterocycles. The van der Waals surface area contributed by atoms with E-state index in [9.17, 15) is 9.18 Å². The number of rotatable bonds is 3. The standard InChI is InChI=1S/C10H10FNO/c1-2-8-3-4-9(6-12-7-13)10(11)5-8/h3-5H,2,6H2,1H3. The van der Waals surface area contributed by atoms with Crippen molar-refractivity contribution in [2.75, 3.05) is 0 Å². The molecule has 0 amide bonds. The largest absolute Gasteiger partial charge is 0.235 e. The van der Waals surface area contributed by atoms with E-state index in [-0.39, 0.29) is 12.4 Å². The van der Waals surface area contributed by atoms with Gasteiger partial charge in [-0.25, -0.2) is 14.2 Å². The molecule has 68 valence electrons. The van der Waals surface area contributed by atoms with E-state index in [0.29, 0.717) is 5.56 Å². The van der Waals surface area contributed by atoms with E-state index in [4.69, 9.17) is 0 Å². The number of nitrogens with zero attached hydrogens (tertiary/aromatic N) is 1. The van der Waals surface area contributed by atoms with Crippen molar-refractivity contribution in [3.05, 3.63) is 35.1 Å². The molecule has 0 bridgehead atoms. The van der Waals surface area contributed by atoms with Gasteiger partial charge in [0.25, 0.3) is 0 Å². The van der Waals surface area contributed by atoms with E-state index in [1.54, 1.807) is 6.07 Å². The van der Waals surface area contributed by atoms with Crippen molar-refractivity contribution in [1.29, 1.82) is 0 Å². The van der Waals surface area contributed by atoms with Gasteiger partial charge < -0.3 is 0 Å². The van der Waals surface area contributed by atoms with Crippen molar-refractivity contribution in [3.8, 4) is 0 Å². The second-order valence-electron chi connectivity index (χ2n) is 2.69. The third-order valence-corrected chi connectivity index (χ3v) is 1.84. The van der Waals surface area contributed by atoms with Crippen molar-refractivity contribution in [1.82, 2.24) is 0 Å². The van der Waals surface area contributed by atoms with Gasteiger partial charge in [0.15, 0.2) is 0 Å². The maximum Gasteiger partial charge on any atom is 0.235 e. The highest BCUT2D eigenvalue weighted by atomic mass is 19.1. The Morgan fingerprint density at radius 3 is 2.85 bits per heavy atom. The number of hydrogen-bond donors (Lipinski definition) is 0. The summed E-state index contributed by atoms with van der Waals surface area (Å²) in [7, 11) is 0. The lowest BCUT2D eigenvalue weighted by molar-refractivity contribution is 0.561. The third kappa shape index (κ3) is 2.49.